The molecule has 1 saturated heterocycles. The van der Waals surface area contributed by atoms with Gasteiger partial charge in [-0.3, -0.25) is 4.90 Å². The van der Waals surface area contributed by atoms with Crippen LogP contribution >= 0.6 is 0 Å². The van der Waals surface area contributed by atoms with Gasteiger partial charge in [-0.05, 0) is 39.2 Å². The highest BCUT2D eigenvalue weighted by Crippen LogP contribution is 2.38. The van der Waals surface area contributed by atoms with Gasteiger partial charge in [-0.2, -0.15) is 0 Å². The maximum atomic E-state index is 6.20. The summed E-state index contributed by atoms with van der Waals surface area (Å²) in [6, 6.07) is 0. The van der Waals surface area contributed by atoms with E-state index < -0.39 is 0 Å². The Hall–Kier alpha value is -0.160. The molecule has 4 heteroatoms. The molecular weight excluding hydrogens is 240 g/mol. The molecule has 0 bridgehead atoms. The van der Waals surface area contributed by atoms with Crippen molar-refractivity contribution in [2.45, 2.75) is 62.7 Å². The number of rotatable bonds is 4. The first-order chi connectivity index (χ1) is 9.10. The van der Waals surface area contributed by atoms with Crippen molar-refractivity contribution in [2.24, 2.45) is 5.73 Å². The molecule has 1 saturated carbocycles. The minimum Gasteiger partial charge on any atom is -0.379 e. The minimum absolute atomic E-state index is 0.0210. The van der Waals surface area contributed by atoms with Crippen LogP contribution in [0.15, 0.2) is 0 Å². The van der Waals surface area contributed by atoms with Gasteiger partial charge in [-0.15, -0.1) is 0 Å². The molecule has 1 aliphatic heterocycles. The molecule has 1 heterocycles. The van der Waals surface area contributed by atoms with Crippen LogP contribution in [-0.4, -0.2) is 56.0 Å². The van der Waals surface area contributed by atoms with Gasteiger partial charge < -0.3 is 15.2 Å². The van der Waals surface area contributed by atoms with Gasteiger partial charge in [-0.25, -0.2) is 0 Å². The van der Waals surface area contributed by atoms with Crippen LogP contribution in [-0.2, 0) is 9.47 Å². The van der Waals surface area contributed by atoms with Crippen molar-refractivity contribution in [2.75, 3.05) is 33.9 Å². The molecular formula is C15H30N2O2. The van der Waals surface area contributed by atoms with Crippen LogP contribution in [0.3, 0.4) is 0 Å². The molecule has 2 fully saturated rings. The lowest BCUT2D eigenvalue weighted by Crippen LogP contribution is -2.67. The summed E-state index contributed by atoms with van der Waals surface area (Å²) in [6.45, 7) is 5.00. The van der Waals surface area contributed by atoms with E-state index in [1.54, 1.807) is 0 Å². The molecule has 0 spiro atoms. The number of ether oxygens (including phenoxy) is 2. The van der Waals surface area contributed by atoms with Gasteiger partial charge in [0.25, 0.3) is 0 Å². The Morgan fingerprint density at radius 2 is 2.00 bits per heavy atom. The fourth-order valence-electron chi connectivity index (χ4n) is 4.00. The molecule has 2 rings (SSSR count). The third kappa shape index (κ3) is 2.82. The van der Waals surface area contributed by atoms with E-state index in [1.165, 1.54) is 19.3 Å². The third-order valence-electron chi connectivity index (χ3n) is 5.34. The Labute approximate surface area is 117 Å². The van der Waals surface area contributed by atoms with Crippen LogP contribution in [0.2, 0.25) is 0 Å². The molecule has 4 nitrogen and oxygen atoms in total. The standard InChI is InChI=1S/C15H30N2O2/c1-14(19-3)8-6-10-17(12-14)15(11-16)9-5-4-7-13(15)18-2/h13H,4-12,16H2,1-3H3. The topological polar surface area (TPSA) is 47.7 Å². The molecule has 19 heavy (non-hydrogen) atoms. The SMILES string of the molecule is COC1CCCCC1(CN)N1CCCC(C)(OC)C1. The highest BCUT2D eigenvalue weighted by molar-refractivity contribution is 5.04. The number of methoxy groups -OCH3 is 2. The first-order valence-corrected chi connectivity index (χ1v) is 7.63. The van der Waals surface area contributed by atoms with Gasteiger partial charge in [0.2, 0.25) is 0 Å². The van der Waals surface area contributed by atoms with Crippen LogP contribution in [0.4, 0.5) is 0 Å². The van der Waals surface area contributed by atoms with Gasteiger partial charge in [0.05, 0.1) is 17.2 Å². The van der Waals surface area contributed by atoms with Crippen molar-refractivity contribution in [3.05, 3.63) is 0 Å². The molecule has 2 N–H and O–H groups in total. The fraction of sp³-hybridized carbons (Fsp3) is 1.00. The van der Waals surface area contributed by atoms with E-state index in [2.05, 4.69) is 11.8 Å². The molecule has 3 atom stereocenters. The molecule has 0 amide bonds. The zero-order valence-electron chi connectivity index (χ0n) is 12.8. The fourth-order valence-corrected chi connectivity index (χ4v) is 4.00. The van der Waals surface area contributed by atoms with E-state index in [0.29, 0.717) is 6.54 Å². The number of hydrogen-bond donors (Lipinski definition) is 1. The Morgan fingerprint density at radius 3 is 2.63 bits per heavy atom. The average Bonchev–Trinajstić information content (AvgIpc) is 2.47. The van der Waals surface area contributed by atoms with E-state index in [1.807, 2.05) is 14.2 Å². The molecule has 112 valence electrons. The summed E-state index contributed by atoms with van der Waals surface area (Å²) < 4.78 is 11.5. The van der Waals surface area contributed by atoms with Crippen molar-refractivity contribution in [1.29, 1.82) is 0 Å². The minimum atomic E-state index is -0.0316. The van der Waals surface area contributed by atoms with E-state index in [-0.39, 0.29) is 17.2 Å². The second-order valence-electron chi connectivity index (χ2n) is 6.46. The largest absolute Gasteiger partial charge is 0.379 e. The van der Waals surface area contributed by atoms with Crippen LogP contribution in [0, 0.1) is 0 Å². The smallest absolute Gasteiger partial charge is 0.0777 e. The van der Waals surface area contributed by atoms with E-state index in [9.17, 15) is 0 Å². The van der Waals surface area contributed by atoms with Crippen LogP contribution < -0.4 is 5.73 Å². The zero-order chi connectivity index (χ0) is 13.9. The van der Waals surface area contributed by atoms with Gasteiger partial charge in [0, 0.05) is 27.3 Å². The number of likely N-dealkylation sites (tertiary alicyclic amines) is 1. The predicted octanol–water partition coefficient (Wildman–Crippen LogP) is 1.77. The quantitative estimate of drug-likeness (QED) is 0.846. The van der Waals surface area contributed by atoms with E-state index in [0.717, 1.165) is 32.4 Å². The lowest BCUT2D eigenvalue weighted by atomic mass is 9.75. The number of nitrogens with zero attached hydrogens (tertiary/aromatic N) is 1. The van der Waals surface area contributed by atoms with Crippen molar-refractivity contribution in [3.63, 3.8) is 0 Å². The normalized spacial score (nSPS) is 41.4. The predicted molar refractivity (Wildman–Crippen MR) is 77.3 cm³/mol. The van der Waals surface area contributed by atoms with Crippen molar-refractivity contribution in [1.82, 2.24) is 4.90 Å². The highest BCUT2D eigenvalue weighted by Gasteiger charge is 2.48. The molecule has 0 aromatic heterocycles. The van der Waals surface area contributed by atoms with Gasteiger partial charge in [0.15, 0.2) is 0 Å². The maximum Gasteiger partial charge on any atom is 0.0777 e. The number of piperidine rings is 1. The summed E-state index contributed by atoms with van der Waals surface area (Å²) in [5.41, 5.74) is 6.19. The average molecular weight is 270 g/mol. The Bertz CT molecular complexity index is 300. The maximum absolute atomic E-state index is 6.20. The monoisotopic (exact) mass is 270 g/mol. The first-order valence-electron chi connectivity index (χ1n) is 7.63. The zero-order valence-corrected chi connectivity index (χ0v) is 12.8. The number of hydrogen-bond acceptors (Lipinski definition) is 4. The number of nitrogens with two attached hydrogens (primary N) is 1. The van der Waals surface area contributed by atoms with Gasteiger partial charge >= 0.3 is 0 Å². The van der Waals surface area contributed by atoms with Crippen molar-refractivity contribution >= 4 is 0 Å². The van der Waals surface area contributed by atoms with Gasteiger partial charge in [-0.1, -0.05) is 12.8 Å². The summed E-state index contributed by atoms with van der Waals surface area (Å²) >= 11 is 0. The van der Waals surface area contributed by atoms with Crippen LogP contribution in [0.5, 0.6) is 0 Å². The van der Waals surface area contributed by atoms with Crippen LogP contribution in [0.25, 0.3) is 0 Å². The summed E-state index contributed by atoms with van der Waals surface area (Å²) in [6.07, 6.45) is 7.40. The Morgan fingerprint density at radius 1 is 1.21 bits per heavy atom. The highest BCUT2D eigenvalue weighted by atomic mass is 16.5. The Kier molecular flexibility index (Phi) is 4.88. The van der Waals surface area contributed by atoms with E-state index in [4.69, 9.17) is 15.2 Å². The first kappa shape index (κ1) is 15.2. The van der Waals surface area contributed by atoms with E-state index >= 15 is 0 Å². The summed E-state index contributed by atoms with van der Waals surface area (Å²) in [4.78, 5) is 2.56. The summed E-state index contributed by atoms with van der Waals surface area (Å²) in [5.74, 6) is 0. The lowest BCUT2D eigenvalue weighted by Gasteiger charge is -2.54. The molecule has 0 aromatic carbocycles. The molecule has 2 aliphatic rings. The van der Waals surface area contributed by atoms with Crippen molar-refractivity contribution < 1.29 is 9.47 Å². The summed E-state index contributed by atoms with van der Waals surface area (Å²) in [5, 5.41) is 0. The third-order valence-corrected chi connectivity index (χ3v) is 5.34. The van der Waals surface area contributed by atoms with Crippen LogP contribution in [0.1, 0.15) is 45.4 Å². The van der Waals surface area contributed by atoms with Gasteiger partial charge in [0.1, 0.15) is 0 Å². The molecule has 0 radical (unpaired) electrons. The molecule has 3 unspecified atom stereocenters. The second kappa shape index (κ2) is 6.08. The van der Waals surface area contributed by atoms with Crippen molar-refractivity contribution in [3.8, 4) is 0 Å². The molecule has 1 aliphatic carbocycles. The lowest BCUT2D eigenvalue weighted by molar-refractivity contribution is -0.128. The Balaban J connectivity index is 2.19. The second-order valence-corrected chi connectivity index (χ2v) is 6.46. The summed E-state index contributed by atoms with van der Waals surface area (Å²) in [7, 11) is 3.66. The molecule has 0 aromatic rings.